The van der Waals surface area contributed by atoms with Crippen LogP contribution >= 0.6 is 7.75 Å². The number of hydrogen-bond donors (Lipinski definition) is 4. The van der Waals surface area contributed by atoms with E-state index in [2.05, 4.69) is 24.3 Å². The van der Waals surface area contributed by atoms with Crippen LogP contribution in [0.4, 0.5) is 0 Å². The van der Waals surface area contributed by atoms with E-state index in [4.69, 9.17) is 18.5 Å². The maximum Gasteiger partial charge on any atom is 0.405 e. The summed E-state index contributed by atoms with van der Waals surface area (Å²) < 4.78 is 35.7. The van der Waals surface area contributed by atoms with Crippen molar-refractivity contribution in [2.75, 3.05) is 13.7 Å². The van der Waals surface area contributed by atoms with Crippen molar-refractivity contribution in [2.24, 2.45) is 5.92 Å². The Morgan fingerprint density at radius 3 is 2.07 bits per heavy atom. The Balaban J connectivity index is 2.04. The third-order valence-corrected chi connectivity index (χ3v) is 7.05. The molecule has 9 nitrogen and oxygen atoms in total. The van der Waals surface area contributed by atoms with Gasteiger partial charge in [-0.3, -0.25) is 4.52 Å². The standard InChI is InChI=1S/C19H39N2O7P/c1-10(2)8-14-17(19(23)13(6)27-14)21-29(24,25-7)26-9-15-16(20-11(3)4)18(22)12(5)28-15/h10-20,22-23H,8-9H2,1-7H3,(H,21,24)/t12-,13-,14+,15+,16?,17?,18?,19?,29?/m0/s1. The number of nitrogens with one attached hydrogen (secondary N) is 2. The van der Waals surface area contributed by atoms with Crippen LogP contribution in [0.5, 0.6) is 0 Å². The molecule has 2 rings (SSSR count). The molecule has 4 N–H and O–H groups in total. The molecule has 0 amide bonds. The maximum absolute atomic E-state index is 13.2. The average Bonchev–Trinajstić information content (AvgIpc) is 3.04. The summed E-state index contributed by atoms with van der Waals surface area (Å²) in [6, 6.07) is -0.774. The van der Waals surface area contributed by atoms with Gasteiger partial charge in [-0.1, -0.05) is 27.7 Å². The molecule has 172 valence electrons. The lowest BCUT2D eigenvalue weighted by Gasteiger charge is -2.29. The van der Waals surface area contributed by atoms with Crippen molar-refractivity contribution in [1.82, 2.24) is 10.4 Å². The topological polar surface area (TPSA) is 119 Å². The lowest BCUT2D eigenvalue weighted by atomic mass is 9.98. The van der Waals surface area contributed by atoms with Crippen LogP contribution < -0.4 is 10.4 Å². The molecule has 2 aliphatic rings. The molecule has 2 fully saturated rings. The lowest BCUT2D eigenvalue weighted by Crippen LogP contribution is -2.49. The fourth-order valence-corrected chi connectivity index (χ4v) is 5.28. The summed E-state index contributed by atoms with van der Waals surface area (Å²) in [5, 5.41) is 27.0. The Hall–Kier alpha value is -0.0900. The highest BCUT2D eigenvalue weighted by molar-refractivity contribution is 7.51. The normalized spacial score (nSPS) is 40.1. The molecule has 9 atom stereocenters. The molecule has 5 unspecified atom stereocenters. The minimum atomic E-state index is -3.73. The first-order valence-corrected chi connectivity index (χ1v) is 12.0. The predicted octanol–water partition coefficient (Wildman–Crippen LogP) is 1.42. The molecule has 2 aliphatic heterocycles. The molecule has 0 bridgehead atoms. The van der Waals surface area contributed by atoms with Crippen LogP contribution in [0.3, 0.4) is 0 Å². The molecule has 0 radical (unpaired) electrons. The zero-order valence-corrected chi connectivity index (χ0v) is 19.5. The summed E-state index contributed by atoms with van der Waals surface area (Å²) >= 11 is 0. The lowest BCUT2D eigenvalue weighted by molar-refractivity contribution is 0.000320. The summed E-state index contributed by atoms with van der Waals surface area (Å²) in [7, 11) is -2.43. The summed E-state index contributed by atoms with van der Waals surface area (Å²) in [5.41, 5.74) is 0. The van der Waals surface area contributed by atoms with Crippen LogP contribution in [-0.4, -0.2) is 78.7 Å². The number of aliphatic hydroxyl groups is 2. The minimum absolute atomic E-state index is 0.0298. The Morgan fingerprint density at radius 1 is 1.00 bits per heavy atom. The third-order valence-electron chi connectivity index (χ3n) is 5.46. The van der Waals surface area contributed by atoms with Gasteiger partial charge in [-0.05, 0) is 26.2 Å². The molecule has 0 aromatic rings. The second kappa shape index (κ2) is 10.5. The fraction of sp³-hybridized carbons (Fsp3) is 1.00. The largest absolute Gasteiger partial charge is 0.405 e. The maximum atomic E-state index is 13.2. The number of rotatable bonds is 10. The fourth-order valence-electron chi connectivity index (χ4n) is 3.96. The number of aliphatic hydroxyl groups excluding tert-OH is 2. The van der Waals surface area contributed by atoms with Gasteiger partial charge >= 0.3 is 7.75 Å². The van der Waals surface area contributed by atoms with E-state index in [1.165, 1.54) is 7.11 Å². The monoisotopic (exact) mass is 438 g/mol. The van der Waals surface area contributed by atoms with Crippen molar-refractivity contribution in [3.63, 3.8) is 0 Å². The zero-order valence-electron chi connectivity index (χ0n) is 18.6. The first-order valence-electron chi connectivity index (χ1n) is 10.5. The van der Waals surface area contributed by atoms with Crippen molar-refractivity contribution in [1.29, 1.82) is 0 Å². The van der Waals surface area contributed by atoms with Gasteiger partial charge in [0.15, 0.2) is 0 Å². The van der Waals surface area contributed by atoms with E-state index in [0.29, 0.717) is 12.3 Å². The van der Waals surface area contributed by atoms with E-state index in [1.807, 2.05) is 13.8 Å². The number of hydrogen-bond acceptors (Lipinski definition) is 8. The Morgan fingerprint density at radius 2 is 1.55 bits per heavy atom. The van der Waals surface area contributed by atoms with Crippen molar-refractivity contribution in [3.8, 4) is 0 Å². The van der Waals surface area contributed by atoms with Crippen molar-refractivity contribution < 1.29 is 33.3 Å². The Labute approximate surface area is 174 Å². The van der Waals surface area contributed by atoms with E-state index in [1.54, 1.807) is 13.8 Å². The minimum Gasteiger partial charge on any atom is -0.389 e. The highest BCUT2D eigenvalue weighted by atomic mass is 31.2. The quantitative estimate of drug-likeness (QED) is 0.376. The molecule has 29 heavy (non-hydrogen) atoms. The zero-order chi connectivity index (χ0) is 21.9. The second-order valence-electron chi connectivity index (χ2n) is 8.85. The molecule has 0 spiro atoms. The molecule has 10 heteroatoms. The van der Waals surface area contributed by atoms with Gasteiger partial charge in [-0.2, -0.15) is 0 Å². The first kappa shape index (κ1) is 25.2. The van der Waals surface area contributed by atoms with Crippen LogP contribution in [0.15, 0.2) is 0 Å². The molecule has 0 aromatic carbocycles. The molecule has 0 aromatic heterocycles. The summed E-state index contributed by atoms with van der Waals surface area (Å²) in [5.74, 6) is 0.349. The molecule has 0 aliphatic carbocycles. The third kappa shape index (κ3) is 6.45. The van der Waals surface area contributed by atoms with E-state index < -0.39 is 32.1 Å². The first-order chi connectivity index (χ1) is 13.5. The van der Waals surface area contributed by atoms with Gasteiger partial charge in [0.1, 0.15) is 0 Å². The van der Waals surface area contributed by atoms with Crippen LogP contribution in [0.1, 0.15) is 48.0 Å². The van der Waals surface area contributed by atoms with E-state index in [-0.39, 0.29) is 37.0 Å². The summed E-state index contributed by atoms with van der Waals surface area (Å²) in [6.45, 7) is 11.6. The second-order valence-corrected chi connectivity index (χ2v) is 10.7. The van der Waals surface area contributed by atoms with Gasteiger partial charge in [0, 0.05) is 13.2 Å². The van der Waals surface area contributed by atoms with E-state index in [0.717, 1.165) is 0 Å². The number of ether oxygens (including phenoxy) is 2. The SMILES string of the molecule is COP(=O)(NC1C(O)[C@H](C)O[C@@H]1CC(C)C)OC[C@H]1O[C@@H](C)C(O)C1NC(C)C. The van der Waals surface area contributed by atoms with Gasteiger partial charge in [0.2, 0.25) is 0 Å². The Bertz CT molecular complexity index is 563. The van der Waals surface area contributed by atoms with E-state index in [9.17, 15) is 14.8 Å². The van der Waals surface area contributed by atoms with Crippen molar-refractivity contribution >= 4 is 7.75 Å². The van der Waals surface area contributed by atoms with E-state index >= 15 is 0 Å². The van der Waals surface area contributed by atoms with Gasteiger partial charge in [0.25, 0.3) is 0 Å². The van der Waals surface area contributed by atoms with Gasteiger partial charge in [-0.25, -0.2) is 9.65 Å². The van der Waals surface area contributed by atoms with Crippen LogP contribution in [0, 0.1) is 5.92 Å². The van der Waals surface area contributed by atoms with Crippen LogP contribution in [-0.2, 0) is 23.1 Å². The van der Waals surface area contributed by atoms with Gasteiger partial charge in [-0.15, -0.1) is 0 Å². The van der Waals surface area contributed by atoms with Crippen molar-refractivity contribution in [3.05, 3.63) is 0 Å². The van der Waals surface area contributed by atoms with Crippen molar-refractivity contribution in [2.45, 2.75) is 103 Å². The van der Waals surface area contributed by atoms with Crippen LogP contribution in [0.2, 0.25) is 0 Å². The highest BCUT2D eigenvalue weighted by Gasteiger charge is 2.47. The Kier molecular flexibility index (Phi) is 9.10. The molecule has 0 saturated carbocycles. The predicted molar refractivity (Wildman–Crippen MR) is 110 cm³/mol. The van der Waals surface area contributed by atoms with Gasteiger partial charge in [0.05, 0.1) is 55.3 Å². The highest BCUT2D eigenvalue weighted by Crippen LogP contribution is 2.46. The van der Waals surface area contributed by atoms with Crippen LogP contribution in [0.25, 0.3) is 0 Å². The molecule has 2 heterocycles. The summed E-state index contributed by atoms with van der Waals surface area (Å²) in [4.78, 5) is 0. The average molecular weight is 439 g/mol. The molecular weight excluding hydrogens is 399 g/mol. The van der Waals surface area contributed by atoms with Gasteiger partial charge < -0.3 is 29.5 Å². The smallest absolute Gasteiger partial charge is 0.389 e. The summed E-state index contributed by atoms with van der Waals surface area (Å²) in [6.07, 6.45) is -2.34. The molecular formula is C19H39N2O7P. The molecule has 2 saturated heterocycles.